The van der Waals surface area contributed by atoms with Gasteiger partial charge in [-0.05, 0) is 48.4 Å². The summed E-state index contributed by atoms with van der Waals surface area (Å²) in [5, 5.41) is 7.71. The molecule has 0 spiro atoms. The van der Waals surface area contributed by atoms with Crippen LogP contribution in [0.4, 0.5) is 0 Å². The van der Waals surface area contributed by atoms with Crippen LogP contribution in [0, 0.1) is 17.3 Å². The number of nitrogens with two attached hydrogens (primary N) is 1. The molecule has 0 saturated carbocycles. The van der Waals surface area contributed by atoms with Crippen molar-refractivity contribution < 1.29 is 8.42 Å². The highest BCUT2D eigenvalue weighted by Gasteiger charge is 2.38. The maximum absolute atomic E-state index is 13.3. The molecule has 1 aliphatic heterocycles. The van der Waals surface area contributed by atoms with Gasteiger partial charge < -0.3 is 5.73 Å². The van der Waals surface area contributed by atoms with Crippen molar-refractivity contribution in [3.05, 3.63) is 36.7 Å². The van der Waals surface area contributed by atoms with Crippen LogP contribution in [-0.2, 0) is 10.0 Å². The van der Waals surface area contributed by atoms with Gasteiger partial charge in [0.1, 0.15) is 0 Å². The molecule has 2 heterocycles. The van der Waals surface area contributed by atoms with Crippen LogP contribution in [0.3, 0.4) is 0 Å². The zero-order chi connectivity index (χ0) is 18.9. The molecule has 142 valence electrons. The van der Waals surface area contributed by atoms with Crippen LogP contribution in [0.1, 0.15) is 27.2 Å². The van der Waals surface area contributed by atoms with Gasteiger partial charge in [-0.15, -0.1) is 5.10 Å². The number of aromatic nitrogens is 3. The highest BCUT2D eigenvalue weighted by molar-refractivity contribution is 7.89. The number of benzene rings is 1. The monoisotopic (exact) mass is 377 g/mol. The second-order valence-corrected chi connectivity index (χ2v) is 10.0. The highest BCUT2D eigenvalue weighted by atomic mass is 32.2. The molecule has 1 aliphatic rings. The zero-order valence-corrected chi connectivity index (χ0v) is 16.4. The van der Waals surface area contributed by atoms with Gasteiger partial charge in [0, 0.05) is 13.1 Å². The average molecular weight is 378 g/mol. The first-order valence-corrected chi connectivity index (χ1v) is 10.3. The molecular formula is C18H27N5O2S. The molecule has 1 saturated heterocycles. The standard InChI is InChI=1S/C18H27N5O2S/c1-18(2,3)15-9-14(11-19)12-22(13-15)26(24,25)17-6-4-5-16(10-17)23-8-7-20-21-23/h4-8,10,14-15H,9,11-13,19H2,1-3H3/t14-,15-/m1/s1. The Morgan fingerprint density at radius 1 is 1.27 bits per heavy atom. The molecule has 3 rings (SSSR count). The Morgan fingerprint density at radius 3 is 2.65 bits per heavy atom. The number of hydrogen-bond acceptors (Lipinski definition) is 5. The average Bonchev–Trinajstić information content (AvgIpc) is 3.15. The van der Waals surface area contributed by atoms with Gasteiger partial charge in [-0.3, -0.25) is 0 Å². The Hall–Kier alpha value is -1.77. The van der Waals surface area contributed by atoms with Crippen molar-refractivity contribution in [3.8, 4) is 5.69 Å². The number of nitrogens with zero attached hydrogens (tertiary/aromatic N) is 4. The van der Waals surface area contributed by atoms with Crippen molar-refractivity contribution in [1.29, 1.82) is 0 Å². The Morgan fingerprint density at radius 2 is 2.04 bits per heavy atom. The van der Waals surface area contributed by atoms with Crippen molar-refractivity contribution in [1.82, 2.24) is 19.3 Å². The number of piperidine rings is 1. The normalized spacial score (nSPS) is 22.5. The summed E-state index contributed by atoms with van der Waals surface area (Å²) in [7, 11) is -3.60. The van der Waals surface area contributed by atoms with E-state index in [1.165, 1.54) is 0 Å². The summed E-state index contributed by atoms with van der Waals surface area (Å²) >= 11 is 0. The predicted molar refractivity (Wildman–Crippen MR) is 100 cm³/mol. The molecule has 2 aromatic rings. The van der Waals surface area contributed by atoms with Crippen LogP contribution < -0.4 is 5.73 Å². The molecule has 26 heavy (non-hydrogen) atoms. The summed E-state index contributed by atoms with van der Waals surface area (Å²) in [6.45, 7) is 7.97. The summed E-state index contributed by atoms with van der Waals surface area (Å²) in [6, 6.07) is 6.82. The topological polar surface area (TPSA) is 94.1 Å². The summed E-state index contributed by atoms with van der Waals surface area (Å²) < 4.78 is 29.7. The van der Waals surface area contributed by atoms with Gasteiger partial charge in [0.25, 0.3) is 0 Å². The molecule has 0 radical (unpaired) electrons. The zero-order valence-electron chi connectivity index (χ0n) is 15.5. The highest BCUT2D eigenvalue weighted by Crippen LogP contribution is 2.37. The van der Waals surface area contributed by atoms with Crippen LogP contribution in [0.25, 0.3) is 5.69 Å². The number of rotatable bonds is 4. The van der Waals surface area contributed by atoms with E-state index in [0.717, 1.165) is 6.42 Å². The SMILES string of the molecule is CC(C)(C)[C@@H]1C[C@H](CN)CN(S(=O)(=O)c2cccc(-n3ccnn3)c2)C1. The lowest BCUT2D eigenvalue weighted by molar-refractivity contribution is 0.112. The molecule has 0 aliphatic carbocycles. The molecule has 1 aromatic carbocycles. The molecule has 1 fully saturated rings. The van der Waals surface area contributed by atoms with Crippen molar-refractivity contribution in [2.24, 2.45) is 23.0 Å². The number of sulfonamides is 1. The summed E-state index contributed by atoms with van der Waals surface area (Å²) in [6.07, 6.45) is 4.21. The quantitative estimate of drug-likeness (QED) is 0.878. The Labute approximate surface area is 155 Å². The van der Waals surface area contributed by atoms with E-state index in [-0.39, 0.29) is 22.1 Å². The minimum atomic E-state index is -3.60. The second-order valence-electron chi connectivity index (χ2n) is 8.07. The second kappa shape index (κ2) is 7.09. The summed E-state index contributed by atoms with van der Waals surface area (Å²) in [4.78, 5) is 0.274. The fourth-order valence-electron chi connectivity index (χ4n) is 3.44. The maximum Gasteiger partial charge on any atom is 0.243 e. The van der Waals surface area contributed by atoms with Crippen LogP contribution >= 0.6 is 0 Å². The van der Waals surface area contributed by atoms with Gasteiger partial charge in [-0.1, -0.05) is 32.1 Å². The van der Waals surface area contributed by atoms with Crippen LogP contribution in [-0.4, -0.2) is 47.4 Å². The molecule has 7 nitrogen and oxygen atoms in total. The summed E-state index contributed by atoms with van der Waals surface area (Å²) in [5.74, 6) is 0.458. The van der Waals surface area contributed by atoms with Crippen molar-refractivity contribution in [2.45, 2.75) is 32.1 Å². The predicted octanol–water partition coefficient (Wildman–Crippen LogP) is 1.90. The van der Waals surface area contributed by atoms with Crippen LogP contribution in [0.15, 0.2) is 41.6 Å². The van der Waals surface area contributed by atoms with E-state index >= 15 is 0 Å². The fourth-order valence-corrected chi connectivity index (χ4v) is 5.04. The maximum atomic E-state index is 13.3. The van der Waals surface area contributed by atoms with Gasteiger partial charge in [-0.25, -0.2) is 13.1 Å². The lowest BCUT2D eigenvalue weighted by Gasteiger charge is -2.42. The van der Waals surface area contributed by atoms with Gasteiger partial charge in [0.05, 0.1) is 23.0 Å². The van der Waals surface area contributed by atoms with Gasteiger partial charge in [0.15, 0.2) is 0 Å². The summed E-state index contributed by atoms with van der Waals surface area (Å²) in [5.41, 5.74) is 6.60. The van der Waals surface area contributed by atoms with Crippen LogP contribution in [0.2, 0.25) is 0 Å². The molecule has 0 bridgehead atoms. The molecule has 8 heteroatoms. The molecule has 0 amide bonds. The van der Waals surface area contributed by atoms with Gasteiger partial charge >= 0.3 is 0 Å². The Bertz CT molecular complexity index is 843. The van der Waals surface area contributed by atoms with Crippen molar-refractivity contribution in [3.63, 3.8) is 0 Å². The van der Waals surface area contributed by atoms with Gasteiger partial charge in [-0.2, -0.15) is 4.31 Å². The molecule has 2 atom stereocenters. The molecule has 1 aromatic heterocycles. The van der Waals surface area contributed by atoms with E-state index in [0.29, 0.717) is 25.3 Å². The van der Waals surface area contributed by atoms with E-state index in [2.05, 4.69) is 31.1 Å². The largest absolute Gasteiger partial charge is 0.330 e. The van der Waals surface area contributed by atoms with Crippen molar-refractivity contribution in [2.75, 3.05) is 19.6 Å². The molecule has 2 N–H and O–H groups in total. The Balaban J connectivity index is 1.93. The first-order chi connectivity index (χ1) is 12.2. The van der Waals surface area contributed by atoms with E-state index in [9.17, 15) is 8.42 Å². The fraction of sp³-hybridized carbons (Fsp3) is 0.556. The van der Waals surface area contributed by atoms with Gasteiger partial charge in [0.2, 0.25) is 10.0 Å². The Kier molecular flexibility index (Phi) is 5.18. The van der Waals surface area contributed by atoms with E-state index in [1.54, 1.807) is 39.6 Å². The third kappa shape index (κ3) is 3.82. The van der Waals surface area contributed by atoms with Crippen LogP contribution in [0.5, 0.6) is 0 Å². The number of hydrogen-bond donors (Lipinski definition) is 1. The smallest absolute Gasteiger partial charge is 0.243 e. The van der Waals surface area contributed by atoms with E-state index in [4.69, 9.17) is 5.73 Å². The third-order valence-corrected chi connectivity index (χ3v) is 7.03. The minimum Gasteiger partial charge on any atom is -0.330 e. The lowest BCUT2D eigenvalue weighted by atomic mass is 9.74. The van der Waals surface area contributed by atoms with Crippen molar-refractivity contribution >= 4 is 10.0 Å². The molecule has 0 unspecified atom stereocenters. The van der Waals surface area contributed by atoms with E-state index < -0.39 is 10.0 Å². The first-order valence-electron chi connectivity index (χ1n) is 8.89. The minimum absolute atomic E-state index is 0.0319. The first kappa shape index (κ1) is 19.0. The third-order valence-electron chi connectivity index (χ3n) is 5.20. The van der Waals surface area contributed by atoms with E-state index in [1.807, 2.05) is 6.07 Å². The lowest BCUT2D eigenvalue weighted by Crippen LogP contribution is -2.48. The molecular weight excluding hydrogens is 350 g/mol.